The number of nitrogen functional groups attached to an aromatic ring is 1. The lowest BCUT2D eigenvalue weighted by atomic mass is 10.3. The number of nitrogens with one attached hydrogen (secondary N) is 1. The van der Waals surface area contributed by atoms with Crippen LogP contribution in [0.5, 0.6) is 0 Å². The molecule has 2 rings (SSSR count). The largest absolute Gasteiger partial charge is 0.398 e. The molecule has 21 heavy (non-hydrogen) atoms. The minimum Gasteiger partial charge on any atom is -0.398 e. The summed E-state index contributed by atoms with van der Waals surface area (Å²) < 4.78 is 28.3. The number of rotatable bonds is 5. The van der Waals surface area contributed by atoms with Crippen molar-refractivity contribution < 1.29 is 13.3 Å². The van der Waals surface area contributed by atoms with E-state index in [2.05, 4.69) is 9.71 Å². The Labute approximate surface area is 120 Å². The maximum atomic E-state index is 12.2. The third-order valence-electron chi connectivity index (χ3n) is 2.84. The number of aromatic nitrogens is 2. The van der Waals surface area contributed by atoms with E-state index in [9.17, 15) is 18.5 Å². The van der Waals surface area contributed by atoms with Gasteiger partial charge in [0, 0.05) is 31.6 Å². The molecule has 0 spiro atoms. The van der Waals surface area contributed by atoms with E-state index in [4.69, 9.17) is 5.73 Å². The lowest BCUT2D eigenvalue weighted by Crippen LogP contribution is -2.25. The minimum absolute atomic E-state index is 0.0477. The molecule has 9 nitrogen and oxygen atoms in total. The second kappa shape index (κ2) is 5.50. The lowest BCUT2D eigenvalue weighted by Gasteiger charge is -2.09. The van der Waals surface area contributed by atoms with Crippen molar-refractivity contribution in [3.8, 4) is 0 Å². The number of aryl methyl sites for hydroxylation is 1. The molecule has 0 saturated heterocycles. The molecule has 2 aromatic rings. The number of nitrogens with two attached hydrogens (primary N) is 1. The highest BCUT2D eigenvalue weighted by molar-refractivity contribution is 7.89. The number of sulfonamides is 1. The summed E-state index contributed by atoms with van der Waals surface area (Å²) in [5, 5.41) is 10.7. The van der Waals surface area contributed by atoms with Crippen molar-refractivity contribution >= 4 is 21.4 Å². The third-order valence-corrected chi connectivity index (χ3v) is 4.30. The summed E-state index contributed by atoms with van der Waals surface area (Å²) in [6.07, 6.45) is 3.21. The molecule has 0 fully saturated rings. The number of benzene rings is 1. The molecular weight excluding hydrogens is 298 g/mol. The number of imidazole rings is 1. The summed E-state index contributed by atoms with van der Waals surface area (Å²) in [6, 6.07) is 3.26. The highest BCUT2D eigenvalue weighted by atomic mass is 32.2. The summed E-state index contributed by atoms with van der Waals surface area (Å²) in [5.41, 5.74) is 5.18. The first-order valence-electron chi connectivity index (χ1n) is 5.81. The van der Waals surface area contributed by atoms with E-state index in [0.717, 1.165) is 12.1 Å². The Morgan fingerprint density at radius 2 is 2.19 bits per heavy atom. The molecule has 1 heterocycles. The zero-order valence-corrected chi connectivity index (χ0v) is 11.9. The second-order valence-electron chi connectivity index (χ2n) is 4.26. The van der Waals surface area contributed by atoms with Gasteiger partial charge < -0.3 is 10.3 Å². The van der Waals surface area contributed by atoms with E-state index < -0.39 is 14.9 Å². The molecule has 0 aliphatic carbocycles. The summed E-state index contributed by atoms with van der Waals surface area (Å²) in [4.78, 5) is 13.7. The average molecular weight is 311 g/mol. The number of hydrogen-bond donors (Lipinski definition) is 2. The van der Waals surface area contributed by atoms with Gasteiger partial charge in [0.2, 0.25) is 10.0 Å². The van der Waals surface area contributed by atoms with Crippen LogP contribution in [0.1, 0.15) is 5.82 Å². The Kier molecular flexibility index (Phi) is 3.91. The van der Waals surface area contributed by atoms with Gasteiger partial charge in [-0.1, -0.05) is 0 Å². The van der Waals surface area contributed by atoms with Crippen molar-refractivity contribution in [2.75, 3.05) is 5.73 Å². The molecule has 0 aliphatic heterocycles. The van der Waals surface area contributed by atoms with Gasteiger partial charge in [-0.2, -0.15) is 0 Å². The van der Waals surface area contributed by atoms with Gasteiger partial charge in [-0.25, -0.2) is 18.1 Å². The highest BCUT2D eigenvalue weighted by Crippen LogP contribution is 2.23. The smallest absolute Gasteiger partial charge is 0.270 e. The first-order valence-corrected chi connectivity index (χ1v) is 7.29. The van der Waals surface area contributed by atoms with Crippen molar-refractivity contribution in [3.05, 3.63) is 46.5 Å². The molecule has 1 aromatic carbocycles. The molecule has 0 saturated carbocycles. The Morgan fingerprint density at radius 1 is 1.48 bits per heavy atom. The fourth-order valence-electron chi connectivity index (χ4n) is 1.67. The van der Waals surface area contributed by atoms with Crippen LogP contribution in [0.2, 0.25) is 0 Å². The number of nitro benzene ring substituents is 1. The van der Waals surface area contributed by atoms with E-state index in [1.165, 1.54) is 12.3 Å². The normalized spacial score (nSPS) is 11.5. The van der Waals surface area contributed by atoms with Crippen molar-refractivity contribution in [1.29, 1.82) is 0 Å². The van der Waals surface area contributed by atoms with Crippen LogP contribution in [-0.4, -0.2) is 22.9 Å². The quantitative estimate of drug-likeness (QED) is 0.466. The topological polar surface area (TPSA) is 133 Å². The molecule has 0 bridgehead atoms. The van der Waals surface area contributed by atoms with Crippen LogP contribution in [0.25, 0.3) is 0 Å². The third kappa shape index (κ3) is 3.17. The molecule has 0 radical (unpaired) electrons. The predicted molar refractivity (Wildman–Crippen MR) is 74.7 cm³/mol. The van der Waals surface area contributed by atoms with E-state index >= 15 is 0 Å². The molecule has 10 heteroatoms. The van der Waals surface area contributed by atoms with Crippen LogP contribution in [-0.2, 0) is 23.6 Å². The first-order chi connectivity index (χ1) is 9.81. The zero-order chi connectivity index (χ0) is 15.6. The molecule has 1 aromatic heterocycles. The first kappa shape index (κ1) is 14.9. The predicted octanol–water partition coefficient (Wildman–Crippen LogP) is 0.389. The Bertz CT molecular complexity index is 784. The van der Waals surface area contributed by atoms with Crippen LogP contribution in [0.3, 0.4) is 0 Å². The monoisotopic (exact) mass is 311 g/mol. The summed E-state index contributed by atoms with van der Waals surface area (Å²) >= 11 is 0. The van der Waals surface area contributed by atoms with Gasteiger partial charge in [0.05, 0.1) is 17.2 Å². The number of hydrogen-bond acceptors (Lipinski definition) is 6. The van der Waals surface area contributed by atoms with Crippen LogP contribution < -0.4 is 10.5 Å². The average Bonchev–Trinajstić information content (AvgIpc) is 2.82. The fraction of sp³-hybridized carbons (Fsp3) is 0.182. The summed E-state index contributed by atoms with van der Waals surface area (Å²) in [6.45, 7) is -0.0477. The van der Waals surface area contributed by atoms with Gasteiger partial charge in [-0.05, 0) is 6.07 Å². The van der Waals surface area contributed by atoms with Crippen LogP contribution in [0.15, 0.2) is 35.5 Å². The fourth-order valence-corrected chi connectivity index (χ4v) is 2.80. The number of nitro groups is 1. The minimum atomic E-state index is -3.97. The van der Waals surface area contributed by atoms with E-state index in [1.54, 1.807) is 17.8 Å². The van der Waals surface area contributed by atoms with E-state index in [1.807, 2.05) is 0 Å². The van der Waals surface area contributed by atoms with Gasteiger partial charge >= 0.3 is 0 Å². The van der Waals surface area contributed by atoms with Crippen molar-refractivity contribution in [2.24, 2.45) is 7.05 Å². The Balaban J connectivity index is 2.29. The molecule has 0 unspecified atom stereocenters. The van der Waals surface area contributed by atoms with Crippen LogP contribution in [0.4, 0.5) is 11.4 Å². The van der Waals surface area contributed by atoms with Gasteiger partial charge in [0.15, 0.2) is 0 Å². The van der Waals surface area contributed by atoms with Crippen LogP contribution >= 0.6 is 0 Å². The van der Waals surface area contributed by atoms with Gasteiger partial charge in [0.1, 0.15) is 10.7 Å². The summed E-state index contributed by atoms with van der Waals surface area (Å²) in [7, 11) is -2.25. The Morgan fingerprint density at radius 3 is 2.76 bits per heavy atom. The van der Waals surface area contributed by atoms with Gasteiger partial charge in [-0.3, -0.25) is 10.1 Å². The lowest BCUT2D eigenvalue weighted by molar-refractivity contribution is -0.385. The number of anilines is 1. The molecule has 112 valence electrons. The van der Waals surface area contributed by atoms with Gasteiger partial charge in [-0.15, -0.1) is 0 Å². The molecule has 0 amide bonds. The standard InChI is InChI=1S/C11H13N5O4S/c1-15-5-4-13-11(15)7-14-21(19,20)10-6-8(16(17)18)2-3-9(10)12/h2-6,14H,7,12H2,1H3. The van der Waals surface area contributed by atoms with Gasteiger partial charge in [0.25, 0.3) is 5.69 Å². The SMILES string of the molecule is Cn1ccnc1CNS(=O)(=O)c1cc([N+](=O)[O-])ccc1N. The van der Waals surface area contributed by atoms with Crippen molar-refractivity contribution in [1.82, 2.24) is 14.3 Å². The zero-order valence-electron chi connectivity index (χ0n) is 11.1. The summed E-state index contributed by atoms with van der Waals surface area (Å²) in [5.74, 6) is 0.502. The molecule has 0 aliphatic rings. The number of non-ortho nitro benzene ring substituents is 1. The van der Waals surface area contributed by atoms with Crippen LogP contribution in [0, 0.1) is 10.1 Å². The highest BCUT2D eigenvalue weighted by Gasteiger charge is 2.21. The molecule has 0 atom stereocenters. The second-order valence-corrected chi connectivity index (χ2v) is 5.99. The van der Waals surface area contributed by atoms with E-state index in [-0.39, 0.29) is 22.8 Å². The van der Waals surface area contributed by atoms with Crippen molar-refractivity contribution in [3.63, 3.8) is 0 Å². The van der Waals surface area contributed by atoms with Crippen molar-refractivity contribution in [2.45, 2.75) is 11.4 Å². The number of nitrogens with zero attached hydrogens (tertiary/aromatic N) is 3. The van der Waals surface area contributed by atoms with E-state index in [0.29, 0.717) is 5.82 Å². The molecule has 3 N–H and O–H groups in total. The Hall–Kier alpha value is -2.46. The molecular formula is C11H13N5O4S. The maximum Gasteiger partial charge on any atom is 0.270 e. The maximum absolute atomic E-state index is 12.2.